The molecule has 0 bridgehead atoms. The summed E-state index contributed by atoms with van der Waals surface area (Å²) in [6.45, 7) is 3.30. The van der Waals surface area contributed by atoms with Gasteiger partial charge in [-0.3, -0.25) is 4.90 Å². The molecule has 2 N–H and O–H groups in total. The monoisotopic (exact) mass is 303 g/mol. The molecule has 2 fully saturated rings. The lowest BCUT2D eigenvalue weighted by Crippen LogP contribution is -2.30. The highest BCUT2D eigenvalue weighted by Crippen LogP contribution is 2.38. The molecule has 2 aliphatic rings. The summed E-state index contributed by atoms with van der Waals surface area (Å²) in [6.07, 6.45) is 2.52. The van der Waals surface area contributed by atoms with E-state index in [4.69, 9.17) is 15.5 Å². The number of hydrogen-bond acceptors (Lipinski definition) is 5. The Hall–Kier alpha value is -1.17. The highest BCUT2D eigenvalue weighted by Gasteiger charge is 2.40. The third-order valence-electron chi connectivity index (χ3n) is 4.99. The third-order valence-corrected chi connectivity index (χ3v) is 5.99. The van der Waals surface area contributed by atoms with Crippen molar-refractivity contribution in [3.8, 4) is 5.75 Å². The Morgan fingerprint density at radius 3 is 3.10 bits per heavy atom. The maximum Gasteiger partial charge on any atom is 0.120 e. The van der Waals surface area contributed by atoms with Gasteiger partial charge in [-0.15, -0.1) is 11.3 Å². The number of hydrogen-bond donors (Lipinski definition) is 1. The fraction of sp³-hybridized carbons (Fsp3) is 0.562. The van der Waals surface area contributed by atoms with E-state index in [2.05, 4.69) is 11.0 Å². The number of thiazole rings is 1. The smallest absolute Gasteiger partial charge is 0.120 e. The van der Waals surface area contributed by atoms with Crippen molar-refractivity contribution in [1.29, 1.82) is 0 Å². The molecule has 5 heteroatoms. The summed E-state index contributed by atoms with van der Waals surface area (Å²) in [7, 11) is 1.70. The van der Waals surface area contributed by atoms with Crippen molar-refractivity contribution in [2.24, 2.45) is 17.6 Å². The van der Waals surface area contributed by atoms with Gasteiger partial charge in [-0.2, -0.15) is 0 Å². The van der Waals surface area contributed by atoms with Gasteiger partial charge < -0.3 is 10.5 Å². The van der Waals surface area contributed by atoms with E-state index in [-0.39, 0.29) is 0 Å². The summed E-state index contributed by atoms with van der Waals surface area (Å²) < 4.78 is 6.49. The highest BCUT2D eigenvalue weighted by molar-refractivity contribution is 7.18. The first-order valence-electron chi connectivity index (χ1n) is 7.64. The minimum absolute atomic E-state index is 0.416. The van der Waals surface area contributed by atoms with Gasteiger partial charge in [0.2, 0.25) is 0 Å². The molecule has 2 heterocycles. The number of methoxy groups -OCH3 is 1. The van der Waals surface area contributed by atoms with Crippen LogP contribution in [0.1, 0.15) is 17.8 Å². The molecule has 4 rings (SSSR count). The molecule has 2 aromatic rings. The summed E-state index contributed by atoms with van der Waals surface area (Å²) in [5, 5.41) is 1.20. The van der Waals surface area contributed by atoms with Crippen molar-refractivity contribution in [2.75, 3.05) is 20.2 Å². The molecule has 1 aromatic carbocycles. The van der Waals surface area contributed by atoms with Crippen LogP contribution in [-0.2, 0) is 6.54 Å². The Labute approximate surface area is 128 Å². The fourth-order valence-electron chi connectivity index (χ4n) is 3.87. The van der Waals surface area contributed by atoms with Crippen molar-refractivity contribution in [2.45, 2.75) is 25.4 Å². The molecule has 112 valence electrons. The van der Waals surface area contributed by atoms with Crippen LogP contribution in [0.5, 0.6) is 5.75 Å². The van der Waals surface area contributed by atoms with E-state index in [0.29, 0.717) is 12.0 Å². The van der Waals surface area contributed by atoms with Gasteiger partial charge >= 0.3 is 0 Å². The molecule has 1 aliphatic carbocycles. The normalized spacial score (nSPS) is 29.1. The van der Waals surface area contributed by atoms with E-state index in [0.717, 1.165) is 30.3 Å². The molecular weight excluding hydrogens is 282 g/mol. The quantitative estimate of drug-likeness (QED) is 0.946. The second-order valence-electron chi connectivity index (χ2n) is 6.30. The molecule has 0 radical (unpaired) electrons. The molecule has 21 heavy (non-hydrogen) atoms. The van der Waals surface area contributed by atoms with E-state index in [1.165, 1.54) is 29.1 Å². The Kier molecular flexibility index (Phi) is 3.36. The molecule has 3 unspecified atom stereocenters. The van der Waals surface area contributed by atoms with E-state index in [1.54, 1.807) is 18.4 Å². The number of nitrogens with two attached hydrogens (primary N) is 1. The predicted molar refractivity (Wildman–Crippen MR) is 85.6 cm³/mol. The Bertz CT molecular complexity index is 656. The third kappa shape index (κ3) is 2.43. The van der Waals surface area contributed by atoms with Crippen LogP contribution in [0.3, 0.4) is 0 Å². The zero-order chi connectivity index (χ0) is 14.4. The fourth-order valence-corrected chi connectivity index (χ4v) is 4.91. The van der Waals surface area contributed by atoms with Gasteiger partial charge in [-0.25, -0.2) is 4.98 Å². The summed E-state index contributed by atoms with van der Waals surface area (Å²) in [4.78, 5) is 7.29. The Morgan fingerprint density at radius 2 is 2.29 bits per heavy atom. The van der Waals surface area contributed by atoms with E-state index >= 15 is 0 Å². The average Bonchev–Trinajstić information content (AvgIpc) is 3.14. The van der Waals surface area contributed by atoms with Crippen LogP contribution in [0, 0.1) is 11.8 Å². The first-order valence-corrected chi connectivity index (χ1v) is 8.46. The number of likely N-dealkylation sites (tertiary alicyclic amines) is 1. The molecule has 3 atom stereocenters. The van der Waals surface area contributed by atoms with Gasteiger partial charge in [0, 0.05) is 19.1 Å². The zero-order valence-electron chi connectivity index (χ0n) is 12.3. The lowest BCUT2D eigenvalue weighted by atomic mass is 9.98. The SMILES string of the molecule is COc1ccc2nc(CN3CC4CCC(N)C4C3)sc2c1. The van der Waals surface area contributed by atoms with Gasteiger partial charge in [0.15, 0.2) is 0 Å². The van der Waals surface area contributed by atoms with Crippen LogP contribution < -0.4 is 10.5 Å². The van der Waals surface area contributed by atoms with Crippen LogP contribution in [0.15, 0.2) is 18.2 Å². The maximum absolute atomic E-state index is 6.22. The average molecular weight is 303 g/mol. The number of benzene rings is 1. The lowest BCUT2D eigenvalue weighted by Gasteiger charge is -2.16. The molecule has 1 saturated carbocycles. The molecule has 4 nitrogen and oxygen atoms in total. The largest absolute Gasteiger partial charge is 0.497 e. The molecule has 1 aromatic heterocycles. The zero-order valence-corrected chi connectivity index (χ0v) is 13.1. The summed E-state index contributed by atoms with van der Waals surface area (Å²) in [5.74, 6) is 2.42. The number of rotatable bonds is 3. The molecule has 0 amide bonds. The van der Waals surface area contributed by atoms with Crippen molar-refractivity contribution in [3.63, 3.8) is 0 Å². The number of fused-ring (bicyclic) bond motifs is 2. The second-order valence-corrected chi connectivity index (χ2v) is 7.42. The van der Waals surface area contributed by atoms with Gasteiger partial charge in [0.25, 0.3) is 0 Å². The number of ether oxygens (including phenoxy) is 1. The van der Waals surface area contributed by atoms with Crippen LogP contribution in [0.4, 0.5) is 0 Å². The van der Waals surface area contributed by atoms with Crippen molar-refractivity contribution >= 4 is 21.6 Å². The molecule has 0 spiro atoms. The number of aromatic nitrogens is 1. The van der Waals surface area contributed by atoms with Crippen LogP contribution >= 0.6 is 11.3 Å². The van der Waals surface area contributed by atoms with Crippen molar-refractivity contribution in [3.05, 3.63) is 23.2 Å². The second kappa shape index (κ2) is 5.23. The Balaban J connectivity index is 1.50. The van der Waals surface area contributed by atoms with E-state index in [1.807, 2.05) is 12.1 Å². The summed E-state index contributed by atoms with van der Waals surface area (Å²) >= 11 is 1.78. The van der Waals surface area contributed by atoms with E-state index < -0.39 is 0 Å². The van der Waals surface area contributed by atoms with Crippen molar-refractivity contribution in [1.82, 2.24) is 9.88 Å². The van der Waals surface area contributed by atoms with Crippen LogP contribution in [-0.4, -0.2) is 36.1 Å². The molecular formula is C16H21N3OS. The topological polar surface area (TPSA) is 51.4 Å². The highest BCUT2D eigenvalue weighted by atomic mass is 32.1. The minimum atomic E-state index is 0.416. The van der Waals surface area contributed by atoms with Gasteiger partial charge in [0.05, 0.1) is 23.9 Å². The first kappa shape index (κ1) is 13.5. The molecule has 1 saturated heterocycles. The van der Waals surface area contributed by atoms with Gasteiger partial charge in [-0.1, -0.05) is 0 Å². The Morgan fingerprint density at radius 1 is 1.38 bits per heavy atom. The van der Waals surface area contributed by atoms with Gasteiger partial charge in [0.1, 0.15) is 10.8 Å². The lowest BCUT2D eigenvalue weighted by molar-refractivity contribution is 0.298. The van der Waals surface area contributed by atoms with Crippen LogP contribution in [0.25, 0.3) is 10.2 Å². The van der Waals surface area contributed by atoms with Gasteiger partial charge in [-0.05, 0) is 42.9 Å². The summed E-state index contributed by atoms with van der Waals surface area (Å²) in [5.41, 5.74) is 7.29. The summed E-state index contributed by atoms with van der Waals surface area (Å²) in [6, 6.07) is 6.51. The predicted octanol–water partition coefficient (Wildman–Crippen LogP) is 2.47. The maximum atomic E-state index is 6.22. The standard InChI is InChI=1S/C16H21N3OS/c1-20-11-3-5-14-15(6-11)21-16(18-14)9-19-7-10-2-4-13(17)12(10)8-19/h3,5-6,10,12-13H,2,4,7-9,17H2,1H3. The number of nitrogens with zero attached hydrogens (tertiary/aromatic N) is 2. The minimum Gasteiger partial charge on any atom is -0.497 e. The van der Waals surface area contributed by atoms with Crippen molar-refractivity contribution < 1.29 is 4.74 Å². The van der Waals surface area contributed by atoms with E-state index in [9.17, 15) is 0 Å². The first-order chi connectivity index (χ1) is 10.2. The van der Waals surface area contributed by atoms with Crippen LogP contribution in [0.2, 0.25) is 0 Å². The molecule has 1 aliphatic heterocycles.